The summed E-state index contributed by atoms with van der Waals surface area (Å²) in [5, 5.41) is 3.90. The lowest BCUT2D eigenvalue weighted by molar-refractivity contribution is 0.0189. The molecule has 1 atom stereocenters. The number of likely N-dealkylation sites (N-methyl/N-ethyl adjacent to an activating group) is 1. The summed E-state index contributed by atoms with van der Waals surface area (Å²) in [5.41, 5.74) is 0.430. The van der Waals surface area contributed by atoms with Gasteiger partial charge in [0.25, 0.3) is 0 Å². The topological polar surface area (TPSA) is 15.3 Å². The molecule has 2 aliphatic rings. The second-order valence-electron chi connectivity index (χ2n) is 6.36. The van der Waals surface area contributed by atoms with Gasteiger partial charge in [-0.15, -0.1) is 0 Å². The minimum absolute atomic E-state index is 0.430. The maximum Gasteiger partial charge on any atom is 0.0329 e. The van der Waals surface area contributed by atoms with Crippen LogP contribution in [0.1, 0.15) is 65.7 Å². The predicted molar refractivity (Wildman–Crippen MR) is 78.9 cm³/mol. The van der Waals surface area contributed by atoms with Crippen LogP contribution in [0, 0.1) is 5.92 Å². The first-order valence-electron chi connectivity index (χ1n) is 8.24. The Hall–Kier alpha value is -0.0800. The van der Waals surface area contributed by atoms with Crippen LogP contribution in [0.3, 0.4) is 0 Å². The SMILES string of the molecule is CCN1CC(C2CCCCC2)NCC1(CC)CC. The van der Waals surface area contributed by atoms with E-state index in [1.165, 1.54) is 64.6 Å². The van der Waals surface area contributed by atoms with Crippen LogP contribution in [0.25, 0.3) is 0 Å². The third-order valence-electron chi connectivity index (χ3n) is 5.70. The molecule has 106 valence electrons. The van der Waals surface area contributed by atoms with Crippen LogP contribution in [0.15, 0.2) is 0 Å². The van der Waals surface area contributed by atoms with E-state index in [0.29, 0.717) is 5.54 Å². The minimum Gasteiger partial charge on any atom is -0.311 e. The average molecular weight is 252 g/mol. The Morgan fingerprint density at radius 3 is 2.28 bits per heavy atom. The highest BCUT2D eigenvalue weighted by Crippen LogP contribution is 2.32. The van der Waals surface area contributed by atoms with E-state index in [0.717, 1.165) is 12.0 Å². The van der Waals surface area contributed by atoms with Crippen LogP contribution in [-0.2, 0) is 0 Å². The largest absolute Gasteiger partial charge is 0.311 e. The third kappa shape index (κ3) is 2.75. The molecule has 0 aromatic carbocycles. The zero-order valence-corrected chi connectivity index (χ0v) is 12.7. The Balaban J connectivity index is 1.99. The molecule has 0 amide bonds. The molecule has 1 aliphatic heterocycles. The van der Waals surface area contributed by atoms with E-state index in [1.807, 2.05) is 0 Å². The van der Waals surface area contributed by atoms with Crippen molar-refractivity contribution in [3.05, 3.63) is 0 Å². The Morgan fingerprint density at radius 2 is 1.72 bits per heavy atom. The van der Waals surface area contributed by atoms with Crippen molar-refractivity contribution in [1.29, 1.82) is 0 Å². The molecule has 2 heteroatoms. The molecule has 1 saturated heterocycles. The van der Waals surface area contributed by atoms with E-state index < -0.39 is 0 Å². The van der Waals surface area contributed by atoms with E-state index in [9.17, 15) is 0 Å². The molecule has 0 bridgehead atoms. The van der Waals surface area contributed by atoms with Crippen molar-refractivity contribution in [1.82, 2.24) is 10.2 Å². The Morgan fingerprint density at radius 1 is 1.06 bits per heavy atom. The van der Waals surface area contributed by atoms with Crippen LogP contribution < -0.4 is 5.32 Å². The summed E-state index contributed by atoms with van der Waals surface area (Å²) in [6, 6.07) is 0.761. The zero-order chi connectivity index (χ0) is 13.0. The molecule has 1 N–H and O–H groups in total. The maximum absolute atomic E-state index is 3.90. The van der Waals surface area contributed by atoms with Gasteiger partial charge in [-0.3, -0.25) is 4.90 Å². The van der Waals surface area contributed by atoms with Gasteiger partial charge in [-0.2, -0.15) is 0 Å². The Kier molecular flexibility index (Phi) is 5.08. The molecule has 0 spiro atoms. The van der Waals surface area contributed by atoms with Crippen molar-refractivity contribution in [2.75, 3.05) is 19.6 Å². The van der Waals surface area contributed by atoms with Crippen molar-refractivity contribution < 1.29 is 0 Å². The molecule has 0 aromatic heterocycles. The molecule has 1 heterocycles. The van der Waals surface area contributed by atoms with Gasteiger partial charge in [-0.25, -0.2) is 0 Å². The number of piperazine rings is 1. The normalized spacial score (nSPS) is 30.5. The number of hydrogen-bond acceptors (Lipinski definition) is 2. The molecule has 18 heavy (non-hydrogen) atoms. The summed E-state index contributed by atoms with van der Waals surface area (Å²) in [5.74, 6) is 0.944. The second-order valence-corrected chi connectivity index (χ2v) is 6.36. The number of rotatable bonds is 4. The van der Waals surface area contributed by atoms with Gasteiger partial charge in [0.1, 0.15) is 0 Å². The lowest BCUT2D eigenvalue weighted by Crippen LogP contribution is -2.65. The van der Waals surface area contributed by atoms with Crippen molar-refractivity contribution in [2.24, 2.45) is 5.92 Å². The van der Waals surface area contributed by atoms with E-state index in [-0.39, 0.29) is 0 Å². The van der Waals surface area contributed by atoms with Crippen LogP contribution in [0.4, 0.5) is 0 Å². The predicted octanol–water partition coefficient (Wildman–Crippen LogP) is 3.42. The van der Waals surface area contributed by atoms with Crippen LogP contribution in [0.5, 0.6) is 0 Å². The average Bonchev–Trinajstić information content (AvgIpc) is 2.47. The van der Waals surface area contributed by atoms with E-state index >= 15 is 0 Å². The van der Waals surface area contributed by atoms with Gasteiger partial charge >= 0.3 is 0 Å². The van der Waals surface area contributed by atoms with Crippen LogP contribution in [0.2, 0.25) is 0 Å². The van der Waals surface area contributed by atoms with Crippen LogP contribution >= 0.6 is 0 Å². The van der Waals surface area contributed by atoms with Crippen LogP contribution in [-0.4, -0.2) is 36.1 Å². The first kappa shape index (κ1) is 14.3. The highest BCUT2D eigenvalue weighted by molar-refractivity contribution is 4.98. The molecule has 2 rings (SSSR count). The Labute approximate surface area is 114 Å². The van der Waals surface area contributed by atoms with E-state index in [2.05, 4.69) is 31.0 Å². The first-order chi connectivity index (χ1) is 8.75. The Bertz CT molecular complexity index is 241. The van der Waals surface area contributed by atoms with Crippen molar-refractivity contribution >= 4 is 0 Å². The summed E-state index contributed by atoms with van der Waals surface area (Å²) in [6.07, 6.45) is 9.86. The summed E-state index contributed by atoms with van der Waals surface area (Å²) in [7, 11) is 0. The summed E-state index contributed by atoms with van der Waals surface area (Å²) in [6.45, 7) is 10.7. The van der Waals surface area contributed by atoms with E-state index in [4.69, 9.17) is 0 Å². The molecule has 2 fully saturated rings. The summed E-state index contributed by atoms with van der Waals surface area (Å²) >= 11 is 0. The fraction of sp³-hybridized carbons (Fsp3) is 1.00. The summed E-state index contributed by atoms with van der Waals surface area (Å²) < 4.78 is 0. The fourth-order valence-electron chi connectivity index (χ4n) is 4.19. The highest BCUT2D eigenvalue weighted by atomic mass is 15.3. The number of nitrogens with zero attached hydrogens (tertiary/aromatic N) is 1. The number of hydrogen-bond donors (Lipinski definition) is 1. The first-order valence-corrected chi connectivity index (χ1v) is 8.24. The highest BCUT2D eigenvalue weighted by Gasteiger charge is 2.39. The van der Waals surface area contributed by atoms with Gasteiger partial charge in [0.05, 0.1) is 0 Å². The molecule has 1 unspecified atom stereocenters. The smallest absolute Gasteiger partial charge is 0.0329 e. The van der Waals surface area contributed by atoms with Gasteiger partial charge in [-0.1, -0.05) is 40.0 Å². The molecule has 2 nitrogen and oxygen atoms in total. The van der Waals surface area contributed by atoms with Crippen molar-refractivity contribution in [3.8, 4) is 0 Å². The molecular weight excluding hydrogens is 220 g/mol. The van der Waals surface area contributed by atoms with Crippen molar-refractivity contribution in [3.63, 3.8) is 0 Å². The lowest BCUT2D eigenvalue weighted by Gasteiger charge is -2.51. The molecular formula is C16H32N2. The maximum atomic E-state index is 3.90. The summed E-state index contributed by atoms with van der Waals surface area (Å²) in [4.78, 5) is 2.77. The van der Waals surface area contributed by atoms with E-state index in [1.54, 1.807) is 0 Å². The fourth-order valence-corrected chi connectivity index (χ4v) is 4.19. The molecule has 0 radical (unpaired) electrons. The van der Waals surface area contributed by atoms with Gasteiger partial charge in [0, 0.05) is 24.7 Å². The molecule has 1 aliphatic carbocycles. The van der Waals surface area contributed by atoms with Crippen molar-refractivity contribution in [2.45, 2.75) is 77.3 Å². The second kappa shape index (κ2) is 6.38. The standard InChI is InChI=1S/C16H32N2/c1-4-16(5-2)13-17-15(12-18(16)6-3)14-10-8-7-9-11-14/h14-15,17H,4-13H2,1-3H3. The molecule has 0 aromatic rings. The lowest BCUT2D eigenvalue weighted by atomic mass is 9.79. The quantitative estimate of drug-likeness (QED) is 0.825. The number of nitrogens with one attached hydrogen (secondary N) is 1. The minimum atomic E-state index is 0.430. The molecule has 1 saturated carbocycles. The van der Waals surface area contributed by atoms with Gasteiger partial charge < -0.3 is 5.32 Å². The third-order valence-corrected chi connectivity index (χ3v) is 5.70. The monoisotopic (exact) mass is 252 g/mol. The van der Waals surface area contributed by atoms with Gasteiger partial charge in [-0.05, 0) is 38.1 Å². The van der Waals surface area contributed by atoms with Gasteiger partial charge in [0.2, 0.25) is 0 Å². The zero-order valence-electron chi connectivity index (χ0n) is 12.7. The van der Waals surface area contributed by atoms with Gasteiger partial charge in [0.15, 0.2) is 0 Å².